The molecule has 10 heteroatoms. The van der Waals surface area contributed by atoms with Crippen molar-refractivity contribution in [1.29, 1.82) is 0 Å². The number of anilines is 1. The quantitative estimate of drug-likeness (QED) is 0.178. The predicted molar refractivity (Wildman–Crippen MR) is 167 cm³/mol. The number of halogens is 4. The summed E-state index contributed by atoms with van der Waals surface area (Å²) in [5.41, 5.74) is 0.812. The van der Waals surface area contributed by atoms with Gasteiger partial charge in [-0.05, 0) is 88.3 Å². The first kappa shape index (κ1) is 33.2. The highest BCUT2D eigenvalue weighted by Crippen LogP contribution is 2.38. The number of carbonyl (C=O) groups excluding carboxylic acids is 1. The zero-order chi connectivity index (χ0) is 31.4. The molecule has 234 valence electrons. The number of aliphatic hydroxyl groups excluding tert-OH is 1. The van der Waals surface area contributed by atoms with Gasteiger partial charge in [-0.1, -0.05) is 47.0 Å². The van der Waals surface area contributed by atoms with Crippen molar-refractivity contribution in [3.05, 3.63) is 69.2 Å². The van der Waals surface area contributed by atoms with Gasteiger partial charge in [-0.3, -0.25) is 10.1 Å². The van der Waals surface area contributed by atoms with Crippen molar-refractivity contribution in [2.75, 3.05) is 24.5 Å². The largest absolute Gasteiger partial charge is 0.460 e. The number of pyridine rings is 1. The number of esters is 1. The smallest absolute Gasteiger partial charge is 0.416 e. The number of hydrogen-bond acceptors (Lipinski definition) is 6. The minimum absolute atomic E-state index is 0.00731. The number of alkyl halides is 3. The lowest BCUT2D eigenvalue weighted by atomic mass is 9.89. The van der Waals surface area contributed by atoms with E-state index >= 15 is 0 Å². The Morgan fingerprint density at radius 2 is 1.77 bits per heavy atom. The molecule has 1 aliphatic rings. The molecule has 2 aromatic carbocycles. The highest BCUT2D eigenvalue weighted by molar-refractivity contribution is 9.10. The molecule has 3 aromatic rings. The van der Waals surface area contributed by atoms with Gasteiger partial charge in [0.05, 0.1) is 11.1 Å². The standard InChI is InChI=1S/C33H41BrF3N3O3/c1-21-29(25-19-23(34)14-15-27(25)39-30(21)40-17-9-5-6-10-18-40)31(42)38-20-22(13-16-28(41)43-32(2,3)4)24-11-7-8-12-26(24)33(35,36)37/h7-8,11-12,14-15,19,22,31,38,42H,5-6,9-10,13,16-18,20H2,1-4H3. The Labute approximate surface area is 260 Å². The summed E-state index contributed by atoms with van der Waals surface area (Å²) in [4.78, 5) is 19.8. The van der Waals surface area contributed by atoms with E-state index in [9.17, 15) is 23.1 Å². The fourth-order valence-corrected chi connectivity index (χ4v) is 6.16. The zero-order valence-corrected chi connectivity index (χ0v) is 26.8. The highest BCUT2D eigenvalue weighted by atomic mass is 79.9. The lowest BCUT2D eigenvalue weighted by Crippen LogP contribution is -2.30. The van der Waals surface area contributed by atoms with Gasteiger partial charge in [0.1, 0.15) is 17.6 Å². The maximum atomic E-state index is 14.0. The van der Waals surface area contributed by atoms with Gasteiger partial charge in [-0.25, -0.2) is 4.98 Å². The van der Waals surface area contributed by atoms with Crippen LogP contribution in [0, 0.1) is 6.92 Å². The Kier molecular flexibility index (Phi) is 10.8. The predicted octanol–water partition coefficient (Wildman–Crippen LogP) is 8.19. The molecule has 2 atom stereocenters. The Morgan fingerprint density at radius 3 is 2.42 bits per heavy atom. The van der Waals surface area contributed by atoms with E-state index in [1.54, 1.807) is 26.8 Å². The number of nitrogens with one attached hydrogen (secondary N) is 1. The SMILES string of the molecule is Cc1c(N2CCCCCC2)nc2ccc(Br)cc2c1C(O)NCC(CCC(=O)OC(C)(C)C)c1ccccc1C(F)(F)F. The molecular formula is C33H41BrF3N3O3. The number of aliphatic hydroxyl groups is 1. The van der Waals surface area contributed by atoms with Crippen LogP contribution in [0.3, 0.4) is 0 Å². The van der Waals surface area contributed by atoms with E-state index in [1.165, 1.54) is 12.1 Å². The first-order valence-electron chi connectivity index (χ1n) is 14.9. The summed E-state index contributed by atoms with van der Waals surface area (Å²) in [5, 5.41) is 15.5. The van der Waals surface area contributed by atoms with E-state index < -0.39 is 35.5 Å². The first-order chi connectivity index (χ1) is 20.2. The normalized spacial score (nSPS) is 16.2. The molecule has 1 aliphatic heterocycles. The Balaban J connectivity index is 1.67. The first-order valence-corrected chi connectivity index (χ1v) is 15.7. The van der Waals surface area contributed by atoms with Crippen LogP contribution in [0.4, 0.5) is 19.0 Å². The number of carbonyl (C=O) groups is 1. The van der Waals surface area contributed by atoms with E-state index in [4.69, 9.17) is 9.72 Å². The molecule has 1 saturated heterocycles. The molecule has 2 N–H and O–H groups in total. The van der Waals surface area contributed by atoms with Crippen LogP contribution in [0.2, 0.25) is 0 Å². The van der Waals surface area contributed by atoms with Gasteiger partial charge in [-0.15, -0.1) is 0 Å². The van der Waals surface area contributed by atoms with Crippen molar-refractivity contribution in [2.24, 2.45) is 0 Å². The van der Waals surface area contributed by atoms with Crippen LogP contribution >= 0.6 is 15.9 Å². The fraction of sp³-hybridized carbons (Fsp3) is 0.515. The van der Waals surface area contributed by atoms with Crippen LogP contribution in [0.25, 0.3) is 10.9 Å². The highest BCUT2D eigenvalue weighted by Gasteiger charge is 2.35. The number of hydrogen-bond donors (Lipinski definition) is 2. The molecule has 0 amide bonds. The van der Waals surface area contributed by atoms with E-state index in [1.807, 2.05) is 25.1 Å². The summed E-state index contributed by atoms with van der Waals surface area (Å²) in [6.07, 6.45) is -1.24. The zero-order valence-electron chi connectivity index (χ0n) is 25.2. The summed E-state index contributed by atoms with van der Waals surface area (Å²) in [5.74, 6) is -0.382. The van der Waals surface area contributed by atoms with Gasteiger partial charge in [0.15, 0.2) is 0 Å². The molecule has 0 radical (unpaired) electrons. The summed E-state index contributed by atoms with van der Waals surface area (Å²) in [6.45, 7) is 8.94. The minimum Gasteiger partial charge on any atom is -0.460 e. The molecule has 2 heterocycles. The van der Waals surface area contributed by atoms with E-state index in [0.29, 0.717) is 5.56 Å². The van der Waals surface area contributed by atoms with Gasteiger partial charge in [0.25, 0.3) is 0 Å². The molecule has 43 heavy (non-hydrogen) atoms. The second kappa shape index (κ2) is 13.9. The average Bonchev–Trinajstić information content (AvgIpc) is 3.21. The summed E-state index contributed by atoms with van der Waals surface area (Å²) < 4.78 is 48.3. The van der Waals surface area contributed by atoms with Crippen LogP contribution in [-0.2, 0) is 15.7 Å². The minimum atomic E-state index is -4.56. The number of fused-ring (bicyclic) bond motifs is 1. The maximum Gasteiger partial charge on any atom is 0.416 e. The monoisotopic (exact) mass is 663 g/mol. The third-order valence-electron chi connectivity index (χ3n) is 7.77. The van der Waals surface area contributed by atoms with Gasteiger partial charge in [0.2, 0.25) is 0 Å². The molecule has 1 fully saturated rings. The van der Waals surface area contributed by atoms with Gasteiger partial charge < -0.3 is 14.7 Å². The van der Waals surface area contributed by atoms with Gasteiger partial charge >= 0.3 is 12.1 Å². The molecule has 0 bridgehead atoms. The Morgan fingerprint density at radius 1 is 1.09 bits per heavy atom. The number of aromatic nitrogens is 1. The number of nitrogens with zero attached hydrogens (tertiary/aromatic N) is 2. The number of ether oxygens (including phenoxy) is 1. The van der Waals surface area contributed by atoms with Gasteiger partial charge in [-0.2, -0.15) is 13.2 Å². The van der Waals surface area contributed by atoms with E-state index in [2.05, 4.69) is 26.1 Å². The van der Waals surface area contributed by atoms with Crippen molar-refractivity contribution in [2.45, 2.75) is 90.1 Å². The van der Waals surface area contributed by atoms with Crippen LogP contribution < -0.4 is 10.2 Å². The van der Waals surface area contributed by atoms with Gasteiger partial charge in [0, 0.05) is 41.5 Å². The third kappa shape index (κ3) is 8.70. The molecule has 0 spiro atoms. The molecule has 1 aromatic heterocycles. The van der Waals surface area contributed by atoms with Crippen molar-refractivity contribution >= 4 is 38.6 Å². The van der Waals surface area contributed by atoms with E-state index in [0.717, 1.165) is 71.6 Å². The van der Waals surface area contributed by atoms with E-state index in [-0.39, 0.29) is 24.9 Å². The molecule has 0 aliphatic carbocycles. The van der Waals surface area contributed by atoms with Crippen LogP contribution in [0.5, 0.6) is 0 Å². The summed E-state index contributed by atoms with van der Waals surface area (Å²) in [6, 6.07) is 11.1. The van der Waals surface area contributed by atoms with Crippen molar-refractivity contribution in [1.82, 2.24) is 10.3 Å². The third-order valence-corrected chi connectivity index (χ3v) is 8.27. The maximum absolute atomic E-state index is 14.0. The topological polar surface area (TPSA) is 74.7 Å². The molecule has 0 saturated carbocycles. The fourth-order valence-electron chi connectivity index (χ4n) is 5.80. The van der Waals surface area contributed by atoms with Crippen molar-refractivity contribution in [3.63, 3.8) is 0 Å². The molecule has 6 nitrogen and oxygen atoms in total. The van der Waals surface area contributed by atoms with Crippen LogP contribution in [0.1, 0.15) is 93.7 Å². The molecule has 2 unspecified atom stereocenters. The Hall–Kier alpha value is -2.69. The number of benzene rings is 2. The second-order valence-electron chi connectivity index (χ2n) is 12.3. The second-order valence-corrected chi connectivity index (χ2v) is 13.2. The summed E-state index contributed by atoms with van der Waals surface area (Å²) >= 11 is 3.53. The van der Waals surface area contributed by atoms with Crippen molar-refractivity contribution < 1.29 is 27.8 Å². The molecule has 4 rings (SSSR count). The summed E-state index contributed by atoms with van der Waals surface area (Å²) in [7, 11) is 0. The Bertz CT molecular complexity index is 1420. The number of rotatable bonds is 9. The lowest BCUT2D eigenvalue weighted by molar-refractivity contribution is -0.155. The van der Waals surface area contributed by atoms with Crippen molar-refractivity contribution in [3.8, 4) is 0 Å². The van der Waals surface area contributed by atoms with Crippen LogP contribution in [-0.4, -0.2) is 41.3 Å². The van der Waals surface area contributed by atoms with Crippen LogP contribution in [0.15, 0.2) is 46.9 Å². The lowest BCUT2D eigenvalue weighted by Gasteiger charge is -2.28. The molecular weight excluding hydrogens is 623 g/mol. The average molecular weight is 665 g/mol.